The van der Waals surface area contributed by atoms with Gasteiger partial charge in [-0.15, -0.1) is 0 Å². The predicted octanol–water partition coefficient (Wildman–Crippen LogP) is 3.76. The maximum absolute atomic E-state index is 13.1. The number of aryl methyl sites for hydroxylation is 1. The van der Waals surface area contributed by atoms with Crippen LogP contribution >= 0.6 is 11.6 Å². The summed E-state index contributed by atoms with van der Waals surface area (Å²) in [7, 11) is 3.80. The Morgan fingerprint density at radius 1 is 1.28 bits per heavy atom. The topological polar surface area (TPSA) is 63.1 Å². The Hall–Kier alpha value is -3.19. The van der Waals surface area contributed by atoms with E-state index in [9.17, 15) is 9.18 Å². The molecule has 150 valence electrons. The first-order valence-electron chi connectivity index (χ1n) is 8.95. The summed E-state index contributed by atoms with van der Waals surface area (Å²) in [5.74, 6) is 0.205. The third-order valence-corrected chi connectivity index (χ3v) is 4.63. The van der Waals surface area contributed by atoms with E-state index in [1.54, 1.807) is 31.3 Å². The van der Waals surface area contributed by atoms with Crippen LogP contribution in [0, 0.1) is 12.7 Å². The molecule has 2 heterocycles. The fourth-order valence-electron chi connectivity index (χ4n) is 2.83. The minimum Gasteiger partial charge on any atom is -0.362 e. The summed E-state index contributed by atoms with van der Waals surface area (Å²) in [5, 5.41) is 7.57. The van der Waals surface area contributed by atoms with E-state index in [4.69, 9.17) is 11.6 Å². The van der Waals surface area contributed by atoms with Crippen LogP contribution in [0.5, 0.6) is 0 Å². The average molecular weight is 414 g/mol. The molecule has 0 saturated heterocycles. The van der Waals surface area contributed by atoms with E-state index in [-0.39, 0.29) is 11.7 Å². The number of nitrogens with one attached hydrogen (secondary N) is 1. The van der Waals surface area contributed by atoms with Crippen molar-refractivity contribution in [1.82, 2.24) is 20.1 Å². The van der Waals surface area contributed by atoms with Crippen LogP contribution in [-0.4, -0.2) is 34.8 Å². The third kappa shape index (κ3) is 4.81. The molecule has 0 bridgehead atoms. The highest BCUT2D eigenvalue weighted by Gasteiger charge is 2.13. The molecule has 3 rings (SSSR count). The summed E-state index contributed by atoms with van der Waals surface area (Å²) < 4.78 is 14.6. The lowest BCUT2D eigenvalue weighted by Crippen LogP contribution is -2.22. The van der Waals surface area contributed by atoms with Crippen molar-refractivity contribution in [2.75, 3.05) is 19.0 Å². The lowest BCUT2D eigenvalue weighted by Gasteiger charge is -2.15. The predicted molar refractivity (Wildman–Crippen MR) is 113 cm³/mol. The van der Waals surface area contributed by atoms with E-state index in [2.05, 4.69) is 15.4 Å². The van der Waals surface area contributed by atoms with Crippen molar-refractivity contribution in [3.8, 4) is 5.69 Å². The molecule has 8 heteroatoms. The first-order valence-corrected chi connectivity index (χ1v) is 9.33. The normalized spacial score (nSPS) is 11.1. The van der Waals surface area contributed by atoms with Crippen molar-refractivity contribution >= 4 is 29.4 Å². The summed E-state index contributed by atoms with van der Waals surface area (Å²) in [4.78, 5) is 18.5. The summed E-state index contributed by atoms with van der Waals surface area (Å²) in [6, 6.07) is 9.60. The van der Waals surface area contributed by atoms with Crippen LogP contribution in [0.4, 0.5) is 10.2 Å². The van der Waals surface area contributed by atoms with E-state index in [0.717, 1.165) is 11.4 Å². The number of benzene rings is 1. The largest absolute Gasteiger partial charge is 0.362 e. The maximum atomic E-state index is 13.1. The van der Waals surface area contributed by atoms with E-state index in [1.165, 1.54) is 22.9 Å². The molecule has 2 aromatic heterocycles. The average Bonchev–Trinajstić information content (AvgIpc) is 2.99. The van der Waals surface area contributed by atoms with Gasteiger partial charge in [-0.1, -0.05) is 17.7 Å². The molecule has 6 nitrogen and oxygen atoms in total. The minimum atomic E-state index is -0.336. The zero-order chi connectivity index (χ0) is 21.0. The van der Waals surface area contributed by atoms with Gasteiger partial charge in [0, 0.05) is 44.0 Å². The number of anilines is 1. The van der Waals surface area contributed by atoms with Crippen molar-refractivity contribution in [1.29, 1.82) is 0 Å². The van der Waals surface area contributed by atoms with E-state index >= 15 is 0 Å². The number of nitrogens with zero attached hydrogens (tertiary/aromatic N) is 4. The van der Waals surface area contributed by atoms with Gasteiger partial charge in [-0.05, 0) is 43.3 Å². The standard InChI is InChI=1S/C21H21ClFN5O/c1-14-18(20(22)28(26-14)17-8-6-16(23)7-9-17)10-11-19(29)25-13-15-5-4-12-24-21(15)27(2)3/h4-12H,13H2,1-3H3,(H,25,29). The van der Waals surface area contributed by atoms with Gasteiger partial charge in [-0.2, -0.15) is 5.10 Å². The number of aromatic nitrogens is 3. The van der Waals surface area contributed by atoms with Crippen LogP contribution in [0.2, 0.25) is 5.15 Å². The van der Waals surface area contributed by atoms with Gasteiger partial charge in [0.1, 0.15) is 16.8 Å². The number of carbonyl (C=O) groups excluding carboxylic acids is 1. The van der Waals surface area contributed by atoms with Gasteiger partial charge < -0.3 is 10.2 Å². The molecule has 29 heavy (non-hydrogen) atoms. The van der Waals surface area contributed by atoms with Crippen LogP contribution in [0.25, 0.3) is 11.8 Å². The number of amides is 1. The second-order valence-corrected chi connectivity index (χ2v) is 6.97. The minimum absolute atomic E-state index is 0.261. The molecular formula is C21H21ClFN5O. The number of hydrogen-bond donors (Lipinski definition) is 1. The van der Waals surface area contributed by atoms with Crippen molar-refractivity contribution in [2.45, 2.75) is 13.5 Å². The Balaban J connectivity index is 1.72. The molecular weight excluding hydrogens is 393 g/mol. The van der Waals surface area contributed by atoms with Crippen molar-refractivity contribution < 1.29 is 9.18 Å². The Kier molecular flexibility index (Phi) is 6.29. The van der Waals surface area contributed by atoms with E-state index in [0.29, 0.717) is 28.6 Å². The van der Waals surface area contributed by atoms with Gasteiger partial charge in [-0.3, -0.25) is 4.79 Å². The Morgan fingerprint density at radius 3 is 2.69 bits per heavy atom. The SMILES string of the molecule is Cc1nn(-c2ccc(F)cc2)c(Cl)c1C=CC(=O)NCc1cccnc1N(C)C. The monoisotopic (exact) mass is 413 g/mol. The highest BCUT2D eigenvalue weighted by atomic mass is 35.5. The number of carbonyl (C=O) groups is 1. The number of halogens is 2. The zero-order valence-electron chi connectivity index (χ0n) is 16.4. The lowest BCUT2D eigenvalue weighted by molar-refractivity contribution is -0.116. The van der Waals surface area contributed by atoms with Crippen LogP contribution in [0.1, 0.15) is 16.8 Å². The Bertz CT molecular complexity index is 1040. The second-order valence-electron chi connectivity index (χ2n) is 6.61. The summed E-state index contributed by atoms with van der Waals surface area (Å²) in [6.45, 7) is 2.15. The molecule has 1 amide bonds. The molecule has 0 atom stereocenters. The fraction of sp³-hybridized carbons (Fsp3) is 0.190. The van der Waals surface area contributed by atoms with E-state index < -0.39 is 0 Å². The zero-order valence-corrected chi connectivity index (χ0v) is 17.1. The molecule has 0 spiro atoms. The number of rotatable bonds is 6. The molecule has 1 N–H and O–H groups in total. The van der Waals surface area contributed by atoms with Gasteiger partial charge >= 0.3 is 0 Å². The number of hydrogen-bond acceptors (Lipinski definition) is 4. The van der Waals surface area contributed by atoms with Crippen LogP contribution in [0.15, 0.2) is 48.7 Å². The highest BCUT2D eigenvalue weighted by Crippen LogP contribution is 2.25. The molecule has 0 fully saturated rings. The highest BCUT2D eigenvalue weighted by molar-refractivity contribution is 6.31. The Morgan fingerprint density at radius 2 is 2.00 bits per heavy atom. The van der Waals surface area contributed by atoms with Gasteiger partial charge in [0.25, 0.3) is 0 Å². The third-order valence-electron chi connectivity index (χ3n) is 4.26. The van der Waals surface area contributed by atoms with Gasteiger partial charge in [-0.25, -0.2) is 14.1 Å². The molecule has 1 aromatic carbocycles. The number of pyridine rings is 1. The van der Waals surface area contributed by atoms with Crippen molar-refractivity contribution in [2.24, 2.45) is 0 Å². The van der Waals surface area contributed by atoms with Crippen molar-refractivity contribution in [3.05, 3.63) is 76.5 Å². The quantitative estimate of drug-likeness (QED) is 0.625. The van der Waals surface area contributed by atoms with Crippen LogP contribution < -0.4 is 10.2 Å². The van der Waals surface area contributed by atoms with Gasteiger partial charge in [0.05, 0.1) is 11.4 Å². The first-order chi connectivity index (χ1) is 13.9. The van der Waals surface area contributed by atoms with Gasteiger partial charge in [0.2, 0.25) is 5.91 Å². The smallest absolute Gasteiger partial charge is 0.244 e. The summed E-state index contributed by atoms with van der Waals surface area (Å²) in [6.07, 6.45) is 4.75. The molecule has 0 saturated carbocycles. The Labute approximate surface area is 173 Å². The summed E-state index contributed by atoms with van der Waals surface area (Å²) in [5.41, 5.74) is 2.83. The molecule has 3 aromatic rings. The second kappa shape index (κ2) is 8.87. The molecule has 0 aliphatic rings. The molecule has 0 radical (unpaired) electrons. The molecule has 0 aliphatic heterocycles. The van der Waals surface area contributed by atoms with Crippen LogP contribution in [0.3, 0.4) is 0 Å². The fourth-order valence-corrected chi connectivity index (χ4v) is 3.16. The lowest BCUT2D eigenvalue weighted by atomic mass is 10.2. The molecule has 0 aliphatic carbocycles. The van der Waals surface area contributed by atoms with Crippen LogP contribution in [-0.2, 0) is 11.3 Å². The van der Waals surface area contributed by atoms with E-state index in [1.807, 2.05) is 31.1 Å². The maximum Gasteiger partial charge on any atom is 0.244 e. The van der Waals surface area contributed by atoms with Crippen molar-refractivity contribution in [3.63, 3.8) is 0 Å². The van der Waals surface area contributed by atoms with Gasteiger partial charge in [0.15, 0.2) is 0 Å². The molecule has 0 unspecified atom stereocenters. The first kappa shape index (κ1) is 20.5. The summed E-state index contributed by atoms with van der Waals surface area (Å²) >= 11 is 6.43.